The maximum Gasteiger partial charge on any atom is 0.142 e. The summed E-state index contributed by atoms with van der Waals surface area (Å²) in [6.07, 6.45) is 1.62. The van der Waals surface area contributed by atoms with Gasteiger partial charge in [-0.3, -0.25) is 0 Å². The second-order valence-electron chi connectivity index (χ2n) is 3.34. The molecule has 0 saturated heterocycles. The second-order valence-corrected chi connectivity index (χ2v) is 4.35. The van der Waals surface area contributed by atoms with Crippen LogP contribution in [0.25, 0.3) is 0 Å². The number of halogens is 1. The van der Waals surface area contributed by atoms with Crippen LogP contribution in [-0.4, -0.2) is 14.8 Å². The fourth-order valence-electron chi connectivity index (χ4n) is 1.21. The number of hydrogen-bond acceptors (Lipinski definition) is 4. The van der Waals surface area contributed by atoms with E-state index in [4.69, 9.17) is 5.73 Å². The van der Waals surface area contributed by atoms with Gasteiger partial charge in [-0.2, -0.15) is 0 Å². The molecule has 1 aromatic heterocycles. The molecule has 0 unspecified atom stereocenters. The van der Waals surface area contributed by atoms with Crippen molar-refractivity contribution < 1.29 is 4.39 Å². The van der Waals surface area contributed by atoms with Gasteiger partial charge in [-0.05, 0) is 18.2 Å². The lowest BCUT2D eigenvalue weighted by Crippen LogP contribution is -1.95. The summed E-state index contributed by atoms with van der Waals surface area (Å²) in [6.45, 7) is 0. The van der Waals surface area contributed by atoms with E-state index in [1.165, 1.54) is 17.8 Å². The predicted molar refractivity (Wildman–Crippen MR) is 61.4 cm³/mol. The lowest BCUT2D eigenvalue weighted by molar-refractivity contribution is 0.602. The van der Waals surface area contributed by atoms with Gasteiger partial charge in [0.15, 0.2) is 0 Å². The van der Waals surface area contributed by atoms with E-state index in [2.05, 4.69) is 10.2 Å². The van der Waals surface area contributed by atoms with Crippen molar-refractivity contribution in [2.75, 3.05) is 5.73 Å². The number of nitrogens with zero attached hydrogens (tertiary/aromatic N) is 3. The van der Waals surface area contributed by atoms with Crippen molar-refractivity contribution in [3.05, 3.63) is 36.2 Å². The predicted octanol–water partition coefficient (Wildman–Crippen LogP) is 1.83. The van der Waals surface area contributed by atoms with Gasteiger partial charge in [0.1, 0.15) is 18.0 Å². The van der Waals surface area contributed by atoms with E-state index in [0.29, 0.717) is 16.3 Å². The van der Waals surface area contributed by atoms with E-state index in [-0.39, 0.29) is 5.82 Å². The molecule has 4 nitrogen and oxygen atoms in total. The Kier molecular flexibility index (Phi) is 3.09. The van der Waals surface area contributed by atoms with E-state index in [1.54, 1.807) is 18.5 Å². The van der Waals surface area contributed by atoms with Gasteiger partial charge in [0, 0.05) is 17.6 Å². The Labute approximate surface area is 96.7 Å². The molecule has 0 radical (unpaired) electrons. The summed E-state index contributed by atoms with van der Waals surface area (Å²) in [7, 11) is 1.86. The molecule has 0 amide bonds. The molecule has 2 rings (SSSR count). The fraction of sp³-hybridized carbons (Fsp3) is 0.200. The van der Waals surface area contributed by atoms with Crippen molar-refractivity contribution in [1.29, 1.82) is 0 Å². The molecule has 16 heavy (non-hydrogen) atoms. The number of nitrogen functional groups attached to an aromatic ring is 1. The first-order valence-corrected chi connectivity index (χ1v) is 5.66. The van der Waals surface area contributed by atoms with Crippen LogP contribution in [0.1, 0.15) is 5.82 Å². The number of aromatic nitrogens is 3. The lowest BCUT2D eigenvalue weighted by atomic mass is 10.3. The van der Waals surface area contributed by atoms with Crippen LogP contribution < -0.4 is 5.73 Å². The third-order valence-electron chi connectivity index (χ3n) is 2.12. The molecule has 0 aliphatic heterocycles. The van der Waals surface area contributed by atoms with Crippen LogP contribution in [-0.2, 0) is 12.8 Å². The van der Waals surface area contributed by atoms with Gasteiger partial charge in [-0.25, -0.2) is 4.39 Å². The minimum Gasteiger partial charge on any atom is -0.399 e. The summed E-state index contributed by atoms with van der Waals surface area (Å²) >= 11 is 1.37. The van der Waals surface area contributed by atoms with Crippen LogP contribution in [0.3, 0.4) is 0 Å². The van der Waals surface area contributed by atoms with E-state index >= 15 is 0 Å². The van der Waals surface area contributed by atoms with Crippen molar-refractivity contribution >= 4 is 17.4 Å². The number of anilines is 1. The molecule has 1 heterocycles. The van der Waals surface area contributed by atoms with Gasteiger partial charge in [0.2, 0.25) is 0 Å². The van der Waals surface area contributed by atoms with E-state index in [0.717, 1.165) is 5.82 Å². The first-order chi connectivity index (χ1) is 7.66. The van der Waals surface area contributed by atoms with Crippen LogP contribution in [0.4, 0.5) is 10.1 Å². The van der Waals surface area contributed by atoms with Gasteiger partial charge in [-0.15, -0.1) is 22.0 Å². The Hall–Kier alpha value is -1.56. The Morgan fingerprint density at radius 3 is 2.94 bits per heavy atom. The highest BCUT2D eigenvalue weighted by molar-refractivity contribution is 7.98. The molecule has 0 saturated carbocycles. The normalized spacial score (nSPS) is 10.6. The first kappa shape index (κ1) is 10.9. The van der Waals surface area contributed by atoms with E-state index in [1.807, 2.05) is 11.6 Å². The summed E-state index contributed by atoms with van der Waals surface area (Å²) in [4.78, 5) is 0.567. The average Bonchev–Trinajstić information content (AvgIpc) is 2.63. The van der Waals surface area contributed by atoms with Crippen LogP contribution in [0.5, 0.6) is 0 Å². The molecule has 0 aliphatic rings. The molecule has 6 heteroatoms. The zero-order chi connectivity index (χ0) is 11.5. The third-order valence-corrected chi connectivity index (χ3v) is 3.16. The van der Waals surface area contributed by atoms with Crippen LogP contribution in [0.15, 0.2) is 29.4 Å². The molecule has 0 atom stereocenters. The standard InChI is InChI=1S/C10H11FN4S/c1-15-6-13-14-10(15)5-16-9-3-2-7(12)4-8(9)11/h2-4,6H,5,12H2,1H3. The summed E-state index contributed by atoms with van der Waals surface area (Å²) < 4.78 is 15.2. The topological polar surface area (TPSA) is 56.7 Å². The van der Waals surface area contributed by atoms with Crippen LogP contribution in [0, 0.1) is 5.82 Å². The number of nitrogens with two attached hydrogens (primary N) is 1. The maximum atomic E-state index is 13.4. The van der Waals surface area contributed by atoms with Crippen molar-refractivity contribution in [2.45, 2.75) is 10.6 Å². The Morgan fingerprint density at radius 1 is 1.50 bits per heavy atom. The quantitative estimate of drug-likeness (QED) is 0.654. The smallest absolute Gasteiger partial charge is 0.142 e. The van der Waals surface area contributed by atoms with Crippen LogP contribution >= 0.6 is 11.8 Å². The van der Waals surface area contributed by atoms with Crippen molar-refractivity contribution in [3.8, 4) is 0 Å². The first-order valence-electron chi connectivity index (χ1n) is 4.67. The molecule has 0 fully saturated rings. The van der Waals surface area contributed by atoms with Gasteiger partial charge in [0.05, 0.1) is 5.75 Å². The van der Waals surface area contributed by atoms with Crippen molar-refractivity contribution in [2.24, 2.45) is 7.05 Å². The third kappa shape index (κ3) is 2.33. The highest BCUT2D eigenvalue weighted by Crippen LogP contribution is 2.25. The van der Waals surface area contributed by atoms with Gasteiger partial charge in [0.25, 0.3) is 0 Å². The summed E-state index contributed by atoms with van der Waals surface area (Å²) in [5, 5.41) is 7.68. The lowest BCUT2D eigenvalue weighted by Gasteiger charge is -2.03. The van der Waals surface area contributed by atoms with Crippen molar-refractivity contribution in [3.63, 3.8) is 0 Å². The van der Waals surface area contributed by atoms with Crippen LogP contribution in [0.2, 0.25) is 0 Å². The number of hydrogen-bond donors (Lipinski definition) is 1. The fourth-order valence-corrected chi connectivity index (χ4v) is 2.12. The summed E-state index contributed by atoms with van der Waals surface area (Å²) in [5.41, 5.74) is 5.90. The Bertz CT molecular complexity index is 497. The SMILES string of the molecule is Cn1cnnc1CSc1ccc(N)cc1F. The highest BCUT2D eigenvalue weighted by Gasteiger charge is 2.06. The maximum absolute atomic E-state index is 13.4. The molecule has 84 valence electrons. The minimum absolute atomic E-state index is 0.299. The zero-order valence-corrected chi connectivity index (χ0v) is 9.54. The minimum atomic E-state index is -0.299. The number of rotatable bonds is 3. The number of benzene rings is 1. The molecular weight excluding hydrogens is 227 g/mol. The molecule has 1 aromatic carbocycles. The second kappa shape index (κ2) is 4.52. The highest BCUT2D eigenvalue weighted by atomic mass is 32.2. The molecule has 0 spiro atoms. The molecule has 0 aliphatic carbocycles. The van der Waals surface area contributed by atoms with Gasteiger partial charge < -0.3 is 10.3 Å². The Morgan fingerprint density at radius 2 is 2.31 bits per heavy atom. The monoisotopic (exact) mass is 238 g/mol. The summed E-state index contributed by atoms with van der Waals surface area (Å²) in [5.74, 6) is 1.09. The number of aryl methyl sites for hydroxylation is 1. The zero-order valence-electron chi connectivity index (χ0n) is 8.72. The molecule has 0 bridgehead atoms. The average molecular weight is 238 g/mol. The largest absolute Gasteiger partial charge is 0.399 e. The van der Waals surface area contributed by atoms with Gasteiger partial charge in [-0.1, -0.05) is 0 Å². The van der Waals surface area contributed by atoms with E-state index in [9.17, 15) is 4.39 Å². The number of thioether (sulfide) groups is 1. The van der Waals surface area contributed by atoms with E-state index < -0.39 is 0 Å². The molecule has 2 N–H and O–H groups in total. The Balaban J connectivity index is 2.08. The van der Waals surface area contributed by atoms with Crippen molar-refractivity contribution in [1.82, 2.24) is 14.8 Å². The molecule has 2 aromatic rings. The summed E-state index contributed by atoms with van der Waals surface area (Å²) in [6, 6.07) is 4.67. The van der Waals surface area contributed by atoms with Gasteiger partial charge >= 0.3 is 0 Å². The molecular formula is C10H11FN4S.